The number of Topliss-reactive ketones (excluding diaryl/α,β-unsaturated/α-hetero) is 1. The summed E-state index contributed by atoms with van der Waals surface area (Å²) in [5.41, 5.74) is 0. The van der Waals surface area contributed by atoms with Crippen molar-refractivity contribution in [2.24, 2.45) is 29.6 Å². The van der Waals surface area contributed by atoms with Gasteiger partial charge in [-0.2, -0.15) is 0 Å². The molecule has 2 N–H and O–H groups in total. The van der Waals surface area contributed by atoms with Crippen molar-refractivity contribution in [1.82, 2.24) is 0 Å². The van der Waals surface area contributed by atoms with Gasteiger partial charge in [-0.05, 0) is 37.5 Å². The Kier molecular flexibility index (Phi) is 5.72. The molecule has 0 aromatic heterocycles. The Morgan fingerprint density at radius 1 is 1.20 bits per heavy atom. The minimum Gasteiger partial charge on any atom is -0.481 e. The highest BCUT2D eigenvalue weighted by Crippen LogP contribution is 2.44. The van der Waals surface area contributed by atoms with E-state index >= 15 is 0 Å². The third-order valence-corrected chi connectivity index (χ3v) is 4.76. The first-order valence-electron chi connectivity index (χ1n) is 7.20. The lowest BCUT2D eigenvalue weighted by Crippen LogP contribution is -2.43. The van der Waals surface area contributed by atoms with Crippen LogP contribution in [0.3, 0.4) is 0 Å². The Bertz CT molecular complexity index is 390. The maximum atomic E-state index is 11.6. The van der Waals surface area contributed by atoms with Crippen LogP contribution >= 0.6 is 0 Å². The fraction of sp³-hybridized carbons (Fsp3) is 0.800. The van der Waals surface area contributed by atoms with Crippen molar-refractivity contribution in [2.45, 2.75) is 46.5 Å². The van der Waals surface area contributed by atoms with E-state index in [1.165, 1.54) is 6.92 Å². The van der Waals surface area contributed by atoms with Gasteiger partial charge in [0.15, 0.2) is 0 Å². The number of carboxylic acids is 2. The van der Waals surface area contributed by atoms with E-state index in [1.54, 1.807) is 6.92 Å². The number of ketones is 1. The van der Waals surface area contributed by atoms with Gasteiger partial charge in [-0.25, -0.2) is 0 Å². The number of carbonyl (C=O) groups excluding carboxylic acids is 1. The molecule has 1 saturated carbocycles. The molecule has 1 aliphatic carbocycles. The standard InChI is InChI=1S/C15H24O5/c1-8-4-6-12(10(3)14(17)18)13(15(19)20)11(8)7-5-9(2)16/h8,10-13H,4-7H2,1-3H3,(H,17,18)(H,19,20)/t8-,10-,11+,12+,13-/m1/s1. The quantitative estimate of drug-likeness (QED) is 0.781. The van der Waals surface area contributed by atoms with Gasteiger partial charge in [0.1, 0.15) is 5.78 Å². The van der Waals surface area contributed by atoms with Gasteiger partial charge in [0, 0.05) is 6.42 Å². The first-order chi connectivity index (χ1) is 9.25. The maximum Gasteiger partial charge on any atom is 0.307 e. The molecule has 0 amide bonds. The smallest absolute Gasteiger partial charge is 0.307 e. The lowest BCUT2D eigenvalue weighted by molar-refractivity contribution is -0.155. The van der Waals surface area contributed by atoms with Crippen LogP contribution in [-0.4, -0.2) is 27.9 Å². The second kappa shape index (κ2) is 6.86. The van der Waals surface area contributed by atoms with Crippen molar-refractivity contribution in [3.8, 4) is 0 Å². The molecule has 5 atom stereocenters. The predicted molar refractivity (Wildman–Crippen MR) is 73.2 cm³/mol. The Morgan fingerprint density at radius 3 is 2.25 bits per heavy atom. The van der Waals surface area contributed by atoms with E-state index in [4.69, 9.17) is 5.11 Å². The summed E-state index contributed by atoms with van der Waals surface area (Å²) < 4.78 is 0. The van der Waals surface area contributed by atoms with Gasteiger partial charge < -0.3 is 15.0 Å². The molecule has 1 aliphatic rings. The summed E-state index contributed by atoms with van der Waals surface area (Å²) in [5.74, 6) is -3.39. The van der Waals surface area contributed by atoms with E-state index in [-0.39, 0.29) is 23.5 Å². The highest BCUT2D eigenvalue weighted by atomic mass is 16.4. The zero-order valence-electron chi connectivity index (χ0n) is 12.3. The van der Waals surface area contributed by atoms with Crippen molar-refractivity contribution < 1.29 is 24.6 Å². The largest absolute Gasteiger partial charge is 0.481 e. The van der Waals surface area contributed by atoms with Crippen LogP contribution in [0.4, 0.5) is 0 Å². The molecule has 1 rings (SSSR count). The summed E-state index contributed by atoms with van der Waals surface area (Å²) in [6, 6.07) is 0. The van der Waals surface area contributed by atoms with Crippen LogP contribution in [0.2, 0.25) is 0 Å². The molecule has 0 aliphatic heterocycles. The lowest BCUT2D eigenvalue weighted by atomic mass is 9.62. The van der Waals surface area contributed by atoms with Crippen LogP contribution in [-0.2, 0) is 14.4 Å². The third kappa shape index (κ3) is 3.81. The Morgan fingerprint density at radius 2 is 1.80 bits per heavy atom. The minimum absolute atomic E-state index is 0.0507. The molecule has 0 unspecified atom stereocenters. The van der Waals surface area contributed by atoms with Crippen LogP contribution in [0.25, 0.3) is 0 Å². The summed E-state index contributed by atoms with van der Waals surface area (Å²) in [5, 5.41) is 18.7. The second-order valence-electron chi connectivity index (χ2n) is 6.11. The Labute approximate surface area is 119 Å². The van der Waals surface area contributed by atoms with Gasteiger partial charge in [-0.1, -0.05) is 20.3 Å². The van der Waals surface area contributed by atoms with E-state index < -0.39 is 23.8 Å². The minimum atomic E-state index is -0.943. The number of hydrogen-bond donors (Lipinski definition) is 2. The van der Waals surface area contributed by atoms with Gasteiger partial charge in [0.05, 0.1) is 11.8 Å². The monoisotopic (exact) mass is 284 g/mol. The van der Waals surface area contributed by atoms with Gasteiger partial charge in [0.25, 0.3) is 0 Å². The first kappa shape index (κ1) is 16.7. The SMILES string of the molecule is CC(=O)CC[C@@H]1[C@@H](C(=O)O)[C@H]([C@@H](C)C(=O)O)CC[C@H]1C. The third-order valence-electron chi connectivity index (χ3n) is 4.76. The molecule has 1 fully saturated rings. The first-order valence-corrected chi connectivity index (χ1v) is 7.20. The molecule has 0 saturated heterocycles. The van der Waals surface area contributed by atoms with Crippen molar-refractivity contribution >= 4 is 17.7 Å². The number of carboxylic acid groups (broad SMARTS) is 2. The zero-order valence-corrected chi connectivity index (χ0v) is 12.3. The van der Waals surface area contributed by atoms with Crippen LogP contribution in [0, 0.1) is 29.6 Å². The fourth-order valence-electron chi connectivity index (χ4n) is 3.46. The van der Waals surface area contributed by atoms with Gasteiger partial charge in [-0.3, -0.25) is 9.59 Å². The highest BCUT2D eigenvalue weighted by molar-refractivity contribution is 5.76. The molecule has 0 bridgehead atoms. The van der Waals surface area contributed by atoms with Crippen LogP contribution in [0.5, 0.6) is 0 Å². The maximum absolute atomic E-state index is 11.6. The summed E-state index contributed by atoms with van der Waals surface area (Å²) >= 11 is 0. The van der Waals surface area contributed by atoms with Gasteiger partial charge in [-0.15, -0.1) is 0 Å². The summed E-state index contributed by atoms with van der Waals surface area (Å²) in [6.07, 6.45) is 2.36. The van der Waals surface area contributed by atoms with Gasteiger partial charge >= 0.3 is 11.9 Å². The summed E-state index contributed by atoms with van der Waals surface area (Å²) in [7, 11) is 0. The molecule has 0 aromatic rings. The number of hydrogen-bond acceptors (Lipinski definition) is 3. The van der Waals surface area contributed by atoms with Crippen molar-refractivity contribution in [1.29, 1.82) is 0 Å². The molecule has 0 aromatic carbocycles. The van der Waals surface area contributed by atoms with Crippen LogP contribution < -0.4 is 0 Å². The molecule has 114 valence electrons. The average molecular weight is 284 g/mol. The Balaban J connectivity index is 2.95. The molecule has 0 spiro atoms. The molecule has 5 heteroatoms. The number of aliphatic carboxylic acids is 2. The predicted octanol–water partition coefficient (Wildman–Crippen LogP) is 2.44. The number of carbonyl (C=O) groups is 3. The van der Waals surface area contributed by atoms with Crippen LogP contribution in [0.15, 0.2) is 0 Å². The summed E-state index contributed by atoms with van der Waals surface area (Å²) in [6.45, 7) is 5.09. The molecule has 5 nitrogen and oxygen atoms in total. The molecule has 20 heavy (non-hydrogen) atoms. The summed E-state index contributed by atoms with van der Waals surface area (Å²) in [4.78, 5) is 33.9. The van der Waals surface area contributed by atoms with E-state index in [0.717, 1.165) is 6.42 Å². The number of rotatable bonds is 6. The molecular weight excluding hydrogens is 260 g/mol. The fourth-order valence-corrected chi connectivity index (χ4v) is 3.46. The van der Waals surface area contributed by atoms with E-state index in [0.29, 0.717) is 19.3 Å². The zero-order chi connectivity index (χ0) is 15.4. The molecular formula is C15H24O5. The average Bonchev–Trinajstić information content (AvgIpc) is 2.35. The van der Waals surface area contributed by atoms with E-state index in [9.17, 15) is 19.5 Å². The Hall–Kier alpha value is -1.39. The normalized spacial score (nSPS) is 31.6. The molecule has 0 heterocycles. The molecule has 0 radical (unpaired) electrons. The highest BCUT2D eigenvalue weighted by Gasteiger charge is 2.45. The van der Waals surface area contributed by atoms with Crippen molar-refractivity contribution in [3.63, 3.8) is 0 Å². The second-order valence-corrected chi connectivity index (χ2v) is 6.11. The van der Waals surface area contributed by atoms with E-state index in [1.807, 2.05) is 6.92 Å². The topological polar surface area (TPSA) is 91.7 Å². The van der Waals surface area contributed by atoms with E-state index in [2.05, 4.69) is 0 Å². The van der Waals surface area contributed by atoms with Gasteiger partial charge in [0.2, 0.25) is 0 Å². The lowest BCUT2D eigenvalue weighted by Gasteiger charge is -2.41. The van der Waals surface area contributed by atoms with Crippen LogP contribution in [0.1, 0.15) is 46.5 Å². The van der Waals surface area contributed by atoms with Crippen molar-refractivity contribution in [3.05, 3.63) is 0 Å². The van der Waals surface area contributed by atoms with Crippen molar-refractivity contribution in [2.75, 3.05) is 0 Å².